The minimum Gasteiger partial charge on any atom is -0.497 e. The topological polar surface area (TPSA) is 56.5 Å². The van der Waals surface area contributed by atoms with Gasteiger partial charge in [0.25, 0.3) is 0 Å². The van der Waals surface area contributed by atoms with Crippen molar-refractivity contribution in [3.8, 4) is 5.75 Å². The van der Waals surface area contributed by atoms with Crippen molar-refractivity contribution in [3.63, 3.8) is 0 Å². The molecule has 2 rings (SSSR count). The number of methoxy groups -OCH3 is 1. The van der Waals surface area contributed by atoms with Crippen LogP contribution in [0.4, 0.5) is 5.69 Å². The Bertz CT molecular complexity index is 431. The molecule has 3 N–H and O–H groups in total. The van der Waals surface area contributed by atoms with Gasteiger partial charge in [-0.3, -0.25) is 0 Å². The highest BCUT2D eigenvalue weighted by atomic mass is 32.1. The summed E-state index contributed by atoms with van der Waals surface area (Å²) in [5, 5.41) is 3.43. The second-order valence-electron chi connectivity index (χ2n) is 4.33. The zero-order valence-corrected chi connectivity index (χ0v) is 11.3. The molecule has 0 amide bonds. The van der Waals surface area contributed by atoms with Crippen LogP contribution in [0.5, 0.6) is 5.75 Å². The predicted molar refractivity (Wildman–Crippen MR) is 76.3 cm³/mol. The molecule has 0 spiro atoms. The van der Waals surface area contributed by atoms with E-state index in [2.05, 4.69) is 5.32 Å². The zero-order valence-electron chi connectivity index (χ0n) is 10.4. The number of hydrogen-bond acceptors (Lipinski definition) is 4. The van der Waals surface area contributed by atoms with Gasteiger partial charge < -0.3 is 20.5 Å². The molecule has 0 aromatic heterocycles. The van der Waals surface area contributed by atoms with Gasteiger partial charge in [0.2, 0.25) is 0 Å². The third kappa shape index (κ3) is 3.11. The Morgan fingerprint density at radius 2 is 2.39 bits per heavy atom. The van der Waals surface area contributed by atoms with Crippen LogP contribution in [-0.4, -0.2) is 31.4 Å². The van der Waals surface area contributed by atoms with Crippen molar-refractivity contribution < 1.29 is 9.47 Å². The number of thiocarbonyl (C=S) groups is 1. The van der Waals surface area contributed by atoms with E-state index in [1.54, 1.807) is 7.11 Å². The summed E-state index contributed by atoms with van der Waals surface area (Å²) in [4.78, 5) is 0.386. The average molecular weight is 266 g/mol. The van der Waals surface area contributed by atoms with E-state index in [9.17, 15) is 0 Å². The number of rotatable bonds is 4. The molecule has 0 aliphatic carbocycles. The van der Waals surface area contributed by atoms with E-state index in [1.165, 1.54) is 0 Å². The second kappa shape index (κ2) is 6.02. The molecule has 1 unspecified atom stereocenters. The van der Waals surface area contributed by atoms with Crippen molar-refractivity contribution in [1.82, 2.24) is 0 Å². The summed E-state index contributed by atoms with van der Waals surface area (Å²) in [5.74, 6) is 0.786. The largest absolute Gasteiger partial charge is 0.497 e. The third-order valence-corrected chi connectivity index (χ3v) is 3.23. The van der Waals surface area contributed by atoms with Crippen molar-refractivity contribution in [1.29, 1.82) is 0 Å². The van der Waals surface area contributed by atoms with E-state index in [0.717, 1.165) is 36.4 Å². The summed E-state index contributed by atoms with van der Waals surface area (Å²) in [6.07, 6.45) is 2.16. The lowest BCUT2D eigenvalue weighted by Crippen LogP contribution is -2.31. The Morgan fingerprint density at radius 1 is 1.56 bits per heavy atom. The van der Waals surface area contributed by atoms with Crippen LogP contribution < -0.4 is 15.8 Å². The Hall–Kier alpha value is -1.33. The molecule has 0 bridgehead atoms. The number of benzene rings is 1. The molecule has 1 saturated heterocycles. The van der Waals surface area contributed by atoms with E-state index in [-0.39, 0.29) is 0 Å². The van der Waals surface area contributed by atoms with Crippen molar-refractivity contribution >= 4 is 22.9 Å². The lowest BCUT2D eigenvalue weighted by Gasteiger charge is -2.25. The van der Waals surface area contributed by atoms with Crippen LogP contribution in [0.1, 0.15) is 18.4 Å². The van der Waals surface area contributed by atoms with Gasteiger partial charge in [-0.15, -0.1) is 0 Å². The quantitative estimate of drug-likeness (QED) is 0.815. The van der Waals surface area contributed by atoms with Gasteiger partial charge in [0.1, 0.15) is 10.7 Å². The molecule has 1 aromatic rings. The Morgan fingerprint density at radius 3 is 3.00 bits per heavy atom. The number of anilines is 1. The molecule has 1 aromatic carbocycles. The first-order chi connectivity index (χ1) is 8.70. The zero-order chi connectivity index (χ0) is 13.0. The summed E-state index contributed by atoms with van der Waals surface area (Å²) < 4.78 is 10.7. The number of nitrogens with two attached hydrogens (primary N) is 1. The minimum absolute atomic E-state index is 0.305. The molecule has 98 valence electrons. The highest BCUT2D eigenvalue weighted by Gasteiger charge is 2.16. The van der Waals surface area contributed by atoms with Crippen molar-refractivity contribution in [2.75, 3.05) is 25.6 Å². The summed E-state index contributed by atoms with van der Waals surface area (Å²) in [5.41, 5.74) is 7.49. The van der Waals surface area contributed by atoms with Crippen LogP contribution in [0.3, 0.4) is 0 Å². The van der Waals surface area contributed by atoms with E-state index >= 15 is 0 Å². The second-order valence-corrected chi connectivity index (χ2v) is 4.77. The average Bonchev–Trinajstić information content (AvgIpc) is 2.39. The third-order valence-electron chi connectivity index (χ3n) is 3.01. The van der Waals surface area contributed by atoms with E-state index < -0.39 is 0 Å². The lowest BCUT2D eigenvalue weighted by atomic mass is 10.1. The van der Waals surface area contributed by atoms with E-state index in [4.69, 9.17) is 27.4 Å². The van der Waals surface area contributed by atoms with Crippen LogP contribution in [0, 0.1) is 0 Å². The van der Waals surface area contributed by atoms with Gasteiger partial charge in [-0.05, 0) is 25.0 Å². The smallest absolute Gasteiger partial charge is 0.120 e. The molecule has 1 fully saturated rings. The van der Waals surface area contributed by atoms with Crippen LogP contribution in [0.2, 0.25) is 0 Å². The van der Waals surface area contributed by atoms with Gasteiger partial charge in [0, 0.05) is 30.0 Å². The first-order valence-electron chi connectivity index (χ1n) is 6.03. The van der Waals surface area contributed by atoms with Crippen molar-refractivity contribution in [2.24, 2.45) is 5.73 Å². The van der Waals surface area contributed by atoms with Crippen LogP contribution in [0.15, 0.2) is 18.2 Å². The number of hydrogen-bond donors (Lipinski definition) is 2. The van der Waals surface area contributed by atoms with Gasteiger partial charge in [-0.1, -0.05) is 12.2 Å². The normalized spacial score (nSPS) is 19.3. The maximum Gasteiger partial charge on any atom is 0.120 e. The molecule has 5 heteroatoms. The van der Waals surface area contributed by atoms with Gasteiger partial charge >= 0.3 is 0 Å². The summed E-state index contributed by atoms with van der Waals surface area (Å²) in [6.45, 7) is 1.56. The number of nitrogens with one attached hydrogen (secondary N) is 1. The number of ether oxygens (including phenoxy) is 2. The van der Waals surface area contributed by atoms with Gasteiger partial charge in [-0.25, -0.2) is 0 Å². The molecule has 0 radical (unpaired) electrons. The first kappa shape index (κ1) is 13.1. The first-order valence-corrected chi connectivity index (χ1v) is 6.43. The van der Waals surface area contributed by atoms with Gasteiger partial charge in [-0.2, -0.15) is 0 Å². The van der Waals surface area contributed by atoms with Gasteiger partial charge in [0.05, 0.1) is 13.7 Å². The molecular formula is C13H18N2O2S. The van der Waals surface area contributed by atoms with Crippen LogP contribution in [0.25, 0.3) is 0 Å². The Labute approximate surface area is 112 Å². The predicted octanol–water partition coefficient (Wildman–Crippen LogP) is 1.92. The SMILES string of the molecule is COc1ccc(C(N)=S)c(NC2CCCOC2)c1. The van der Waals surface area contributed by atoms with Gasteiger partial charge in [0.15, 0.2) is 0 Å². The molecule has 1 atom stereocenters. The maximum atomic E-state index is 5.73. The summed E-state index contributed by atoms with van der Waals surface area (Å²) >= 11 is 5.06. The molecule has 1 aliphatic heterocycles. The highest BCUT2D eigenvalue weighted by Crippen LogP contribution is 2.24. The van der Waals surface area contributed by atoms with Crippen molar-refractivity contribution in [3.05, 3.63) is 23.8 Å². The molecular weight excluding hydrogens is 248 g/mol. The molecule has 4 nitrogen and oxygen atoms in total. The fourth-order valence-electron chi connectivity index (χ4n) is 2.06. The molecule has 18 heavy (non-hydrogen) atoms. The highest BCUT2D eigenvalue weighted by molar-refractivity contribution is 7.80. The fraction of sp³-hybridized carbons (Fsp3) is 0.462. The molecule has 0 saturated carbocycles. The molecule has 1 aliphatic rings. The standard InChI is InChI=1S/C13H18N2O2S/c1-16-10-4-5-11(13(14)18)12(7-10)15-9-3-2-6-17-8-9/h4-5,7,9,15H,2-3,6,8H2,1H3,(H2,14,18). The minimum atomic E-state index is 0.305. The van der Waals surface area contributed by atoms with Crippen LogP contribution in [-0.2, 0) is 4.74 Å². The van der Waals surface area contributed by atoms with E-state index in [1.807, 2.05) is 18.2 Å². The van der Waals surface area contributed by atoms with E-state index in [0.29, 0.717) is 17.6 Å². The van der Waals surface area contributed by atoms with Crippen molar-refractivity contribution in [2.45, 2.75) is 18.9 Å². The van der Waals surface area contributed by atoms with Crippen LogP contribution >= 0.6 is 12.2 Å². The lowest BCUT2D eigenvalue weighted by molar-refractivity contribution is 0.0876. The molecule has 1 heterocycles. The summed E-state index contributed by atoms with van der Waals surface area (Å²) in [6, 6.07) is 5.96. The Kier molecular flexibility index (Phi) is 4.38. The fourth-order valence-corrected chi connectivity index (χ4v) is 2.24. The summed E-state index contributed by atoms with van der Waals surface area (Å²) in [7, 11) is 1.64. The maximum absolute atomic E-state index is 5.73. The Balaban J connectivity index is 2.19. The monoisotopic (exact) mass is 266 g/mol.